The van der Waals surface area contributed by atoms with Crippen molar-refractivity contribution in [3.05, 3.63) is 53.0 Å². The minimum Gasteiger partial charge on any atom is -0.387 e. The van der Waals surface area contributed by atoms with E-state index in [2.05, 4.69) is 26.2 Å². The van der Waals surface area contributed by atoms with Crippen molar-refractivity contribution in [2.45, 2.75) is 0 Å². The Morgan fingerprint density at radius 1 is 1.21 bits per heavy atom. The fourth-order valence-corrected chi connectivity index (χ4v) is 2.52. The number of benzene rings is 1. The predicted molar refractivity (Wildman–Crippen MR) is 77.8 cm³/mol. The topological polar surface area (TPSA) is 29.3 Å². The molecule has 0 aliphatic rings. The van der Waals surface area contributed by atoms with Crippen LogP contribution in [0.5, 0.6) is 0 Å². The summed E-state index contributed by atoms with van der Waals surface area (Å²) in [7, 11) is 1.84. The van der Waals surface area contributed by atoms with Crippen molar-refractivity contribution >= 4 is 27.1 Å². The molecule has 3 rings (SSSR count). The van der Waals surface area contributed by atoms with Crippen LogP contribution in [0.2, 0.25) is 0 Å². The van der Waals surface area contributed by atoms with Crippen molar-refractivity contribution in [1.29, 1.82) is 0 Å². The quantitative estimate of drug-likeness (QED) is 0.775. The number of aromatic nitrogens is 2. The van der Waals surface area contributed by atoms with E-state index in [0.29, 0.717) is 16.0 Å². The first kappa shape index (κ1) is 12.2. The maximum Gasteiger partial charge on any atom is 0.148 e. The minimum atomic E-state index is -0.281. The summed E-state index contributed by atoms with van der Waals surface area (Å²) in [5.74, 6) is 0.300. The molecule has 0 aliphatic heterocycles. The Balaban J connectivity index is 2.32. The van der Waals surface area contributed by atoms with Crippen molar-refractivity contribution in [3.63, 3.8) is 0 Å². The molecule has 0 saturated carbocycles. The number of imidazole rings is 1. The Bertz CT molecular complexity index is 752. The second-order valence-electron chi connectivity index (χ2n) is 4.13. The van der Waals surface area contributed by atoms with Gasteiger partial charge in [0.1, 0.15) is 16.2 Å². The first-order valence-corrected chi connectivity index (χ1v) is 6.60. The highest BCUT2D eigenvalue weighted by atomic mass is 79.9. The minimum absolute atomic E-state index is 0.281. The van der Waals surface area contributed by atoms with E-state index in [4.69, 9.17) is 0 Å². The number of hydrogen-bond acceptors (Lipinski definition) is 2. The van der Waals surface area contributed by atoms with Crippen molar-refractivity contribution in [2.75, 3.05) is 12.4 Å². The largest absolute Gasteiger partial charge is 0.387 e. The summed E-state index contributed by atoms with van der Waals surface area (Å²) in [6.45, 7) is 0. The summed E-state index contributed by atoms with van der Waals surface area (Å²) in [4.78, 5) is 4.41. The second kappa shape index (κ2) is 4.66. The molecule has 2 aromatic heterocycles. The van der Waals surface area contributed by atoms with Crippen LogP contribution >= 0.6 is 15.9 Å². The lowest BCUT2D eigenvalue weighted by Crippen LogP contribution is -1.95. The van der Waals surface area contributed by atoms with Gasteiger partial charge in [0.05, 0.1) is 16.8 Å². The van der Waals surface area contributed by atoms with Gasteiger partial charge in [-0.2, -0.15) is 0 Å². The zero-order valence-corrected chi connectivity index (χ0v) is 11.8. The smallest absolute Gasteiger partial charge is 0.148 e. The van der Waals surface area contributed by atoms with Crippen LogP contribution in [-0.2, 0) is 0 Å². The lowest BCUT2D eigenvalue weighted by Gasteiger charge is -2.05. The number of pyridine rings is 1. The highest BCUT2D eigenvalue weighted by Crippen LogP contribution is 2.28. The molecular weight excluding hydrogens is 309 g/mol. The highest BCUT2D eigenvalue weighted by molar-refractivity contribution is 9.10. The van der Waals surface area contributed by atoms with Crippen molar-refractivity contribution < 1.29 is 4.39 Å². The van der Waals surface area contributed by atoms with Crippen LogP contribution in [-0.4, -0.2) is 16.4 Å². The van der Waals surface area contributed by atoms with Gasteiger partial charge >= 0.3 is 0 Å². The van der Waals surface area contributed by atoms with Crippen molar-refractivity contribution in [1.82, 2.24) is 9.38 Å². The summed E-state index contributed by atoms with van der Waals surface area (Å²) in [6, 6.07) is 10.5. The second-order valence-corrected chi connectivity index (χ2v) is 4.88. The van der Waals surface area contributed by atoms with Gasteiger partial charge in [-0.25, -0.2) is 9.37 Å². The molecule has 0 aliphatic carbocycles. The average molecular weight is 320 g/mol. The zero-order chi connectivity index (χ0) is 13.4. The molecule has 0 bridgehead atoms. The molecule has 0 amide bonds. The van der Waals surface area contributed by atoms with E-state index < -0.39 is 0 Å². The first-order chi connectivity index (χ1) is 9.20. The highest BCUT2D eigenvalue weighted by Gasteiger charge is 2.14. The Morgan fingerprint density at radius 3 is 2.74 bits per heavy atom. The number of anilines is 1. The lowest BCUT2D eigenvalue weighted by molar-refractivity contribution is 0.630. The van der Waals surface area contributed by atoms with Crippen LogP contribution in [0, 0.1) is 5.82 Å². The van der Waals surface area contributed by atoms with Gasteiger partial charge in [-0.05, 0) is 40.2 Å². The fraction of sp³-hybridized carbons (Fsp3) is 0.0714. The number of nitrogens with one attached hydrogen (secondary N) is 1. The molecule has 0 spiro atoms. The number of fused-ring (bicyclic) bond motifs is 1. The first-order valence-electron chi connectivity index (χ1n) is 5.81. The van der Waals surface area contributed by atoms with Gasteiger partial charge in [-0.1, -0.05) is 12.1 Å². The molecule has 3 nitrogen and oxygen atoms in total. The summed E-state index contributed by atoms with van der Waals surface area (Å²) < 4.78 is 16.5. The summed E-state index contributed by atoms with van der Waals surface area (Å²) in [5, 5.41) is 3.06. The van der Waals surface area contributed by atoms with E-state index in [1.165, 1.54) is 6.07 Å². The van der Waals surface area contributed by atoms with Gasteiger partial charge in [-0.15, -0.1) is 0 Å². The average Bonchev–Trinajstić information content (AvgIpc) is 2.76. The van der Waals surface area contributed by atoms with Gasteiger partial charge in [-0.3, -0.25) is 4.40 Å². The molecule has 3 aromatic rings. The summed E-state index contributed by atoms with van der Waals surface area (Å²) in [6.07, 6.45) is 1.90. The number of nitrogens with zero attached hydrogens (tertiary/aromatic N) is 2. The third-order valence-corrected chi connectivity index (χ3v) is 3.58. The molecular formula is C14H11BrFN3. The van der Waals surface area contributed by atoms with Crippen LogP contribution in [0.15, 0.2) is 47.2 Å². The Morgan fingerprint density at radius 2 is 2.00 bits per heavy atom. The predicted octanol–water partition coefficient (Wildman–Crippen LogP) is 3.94. The van der Waals surface area contributed by atoms with Gasteiger partial charge in [0.25, 0.3) is 0 Å². The van der Waals surface area contributed by atoms with Crippen LogP contribution in [0.3, 0.4) is 0 Å². The molecule has 0 saturated heterocycles. The molecule has 96 valence electrons. The van der Waals surface area contributed by atoms with Crippen molar-refractivity contribution in [3.8, 4) is 11.4 Å². The summed E-state index contributed by atoms with van der Waals surface area (Å²) in [5.41, 5.74) is 2.32. The Labute approximate surface area is 118 Å². The van der Waals surface area contributed by atoms with E-state index in [-0.39, 0.29) is 5.82 Å². The third kappa shape index (κ3) is 2.00. The van der Waals surface area contributed by atoms with E-state index in [1.54, 1.807) is 18.2 Å². The third-order valence-electron chi connectivity index (χ3n) is 3.00. The SMILES string of the molecule is CNc1ccc2c(Br)nc(-c3ccccc3F)n2c1. The number of rotatable bonds is 2. The van der Waals surface area contributed by atoms with Gasteiger partial charge in [0.2, 0.25) is 0 Å². The molecule has 0 radical (unpaired) electrons. The lowest BCUT2D eigenvalue weighted by atomic mass is 10.2. The van der Waals surface area contributed by atoms with E-state index in [1.807, 2.05) is 29.8 Å². The van der Waals surface area contributed by atoms with Crippen LogP contribution in [0.1, 0.15) is 0 Å². The molecule has 2 heterocycles. The monoisotopic (exact) mass is 319 g/mol. The maximum atomic E-state index is 13.9. The van der Waals surface area contributed by atoms with Gasteiger partial charge in [0, 0.05) is 13.2 Å². The normalized spacial score (nSPS) is 10.9. The fourth-order valence-electron chi connectivity index (χ4n) is 2.03. The van der Waals surface area contributed by atoms with Gasteiger partial charge in [0.15, 0.2) is 0 Å². The van der Waals surface area contributed by atoms with E-state index >= 15 is 0 Å². The summed E-state index contributed by atoms with van der Waals surface area (Å²) >= 11 is 3.41. The van der Waals surface area contributed by atoms with Crippen LogP contribution in [0.4, 0.5) is 10.1 Å². The molecule has 19 heavy (non-hydrogen) atoms. The van der Waals surface area contributed by atoms with E-state index in [0.717, 1.165) is 11.2 Å². The standard InChI is InChI=1S/C14H11BrFN3/c1-17-9-6-7-12-13(15)18-14(19(12)8-9)10-4-2-3-5-11(10)16/h2-8,17H,1H3. The Hall–Kier alpha value is -1.88. The molecule has 1 aromatic carbocycles. The van der Waals surface area contributed by atoms with E-state index in [9.17, 15) is 4.39 Å². The molecule has 1 N–H and O–H groups in total. The van der Waals surface area contributed by atoms with Gasteiger partial charge < -0.3 is 5.32 Å². The number of halogens is 2. The number of hydrogen-bond donors (Lipinski definition) is 1. The Kier molecular flexibility index (Phi) is 2.98. The molecule has 0 unspecified atom stereocenters. The molecule has 0 atom stereocenters. The van der Waals surface area contributed by atoms with Crippen LogP contribution < -0.4 is 5.32 Å². The zero-order valence-electron chi connectivity index (χ0n) is 10.2. The maximum absolute atomic E-state index is 13.9. The molecule has 5 heteroatoms. The van der Waals surface area contributed by atoms with Crippen LogP contribution in [0.25, 0.3) is 16.9 Å². The van der Waals surface area contributed by atoms with Crippen molar-refractivity contribution in [2.24, 2.45) is 0 Å². The molecule has 0 fully saturated rings.